The minimum Gasteiger partial charge on any atom is -0.480 e. The Bertz CT molecular complexity index is 635. The Morgan fingerprint density at radius 3 is 2.77 bits per heavy atom. The van der Waals surface area contributed by atoms with Gasteiger partial charge in [0.25, 0.3) is 0 Å². The molecule has 2 aromatic heterocycles. The second-order valence-electron chi connectivity index (χ2n) is 4.53. The van der Waals surface area contributed by atoms with Crippen molar-refractivity contribution in [1.82, 2.24) is 25.2 Å². The number of nitrogens with zero attached hydrogens (tertiary/aromatic N) is 4. The van der Waals surface area contributed by atoms with Crippen LogP contribution in [-0.2, 0) is 13.1 Å². The highest BCUT2D eigenvalue weighted by Crippen LogP contribution is 2.09. The van der Waals surface area contributed by atoms with Gasteiger partial charge in [-0.15, -0.1) is 0 Å². The van der Waals surface area contributed by atoms with Crippen LogP contribution >= 0.6 is 11.6 Å². The van der Waals surface area contributed by atoms with Gasteiger partial charge < -0.3 is 15.0 Å². The molecule has 0 aliphatic heterocycles. The van der Waals surface area contributed by atoms with E-state index < -0.39 is 0 Å². The van der Waals surface area contributed by atoms with E-state index in [1.165, 1.54) is 18.2 Å². The van der Waals surface area contributed by atoms with Gasteiger partial charge in [0.05, 0.1) is 44.0 Å². The summed E-state index contributed by atoms with van der Waals surface area (Å²) in [5, 5.41) is 3.34. The Morgan fingerprint density at radius 2 is 2.14 bits per heavy atom. The SMILES string of the molecule is COc1cnc(CNC(=O)N(C)Cc2cc(Cl)ccn2)cn1. The van der Waals surface area contributed by atoms with Crippen LogP contribution < -0.4 is 10.1 Å². The third-order valence-corrected chi connectivity index (χ3v) is 3.07. The Balaban J connectivity index is 1.85. The molecule has 8 heteroatoms. The summed E-state index contributed by atoms with van der Waals surface area (Å²) in [7, 11) is 3.20. The standard InChI is InChI=1S/C14H16ClN5O2/c1-20(9-11-5-10(15)3-4-16-11)14(21)19-7-12-6-18-13(22-2)8-17-12/h3-6,8H,7,9H2,1-2H3,(H,19,21). The lowest BCUT2D eigenvalue weighted by atomic mass is 10.3. The average molecular weight is 322 g/mol. The second-order valence-corrected chi connectivity index (χ2v) is 4.97. The van der Waals surface area contributed by atoms with Crippen molar-refractivity contribution < 1.29 is 9.53 Å². The van der Waals surface area contributed by atoms with Crippen LogP contribution in [0.25, 0.3) is 0 Å². The van der Waals surface area contributed by atoms with Gasteiger partial charge in [-0.05, 0) is 12.1 Å². The predicted octanol–water partition coefficient (Wildman–Crippen LogP) is 1.88. The lowest BCUT2D eigenvalue weighted by molar-refractivity contribution is 0.205. The Hall–Kier alpha value is -2.41. The van der Waals surface area contributed by atoms with E-state index in [4.69, 9.17) is 16.3 Å². The number of ether oxygens (including phenoxy) is 1. The molecule has 0 bridgehead atoms. The first-order valence-corrected chi connectivity index (χ1v) is 6.90. The fraction of sp³-hybridized carbons (Fsp3) is 0.286. The molecule has 0 aromatic carbocycles. The summed E-state index contributed by atoms with van der Waals surface area (Å²) >= 11 is 5.89. The van der Waals surface area contributed by atoms with Crippen molar-refractivity contribution in [3.8, 4) is 5.88 Å². The van der Waals surface area contributed by atoms with E-state index in [-0.39, 0.29) is 12.6 Å². The number of nitrogens with one attached hydrogen (secondary N) is 1. The van der Waals surface area contributed by atoms with E-state index in [1.807, 2.05) is 0 Å². The summed E-state index contributed by atoms with van der Waals surface area (Å²) in [6.07, 6.45) is 4.66. The van der Waals surface area contributed by atoms with Crippen molar-refractivity contribution in [2.24, 2.45) is 0 Å². The maximum absolute atomic E-state index is 12.0. The second kappa shape index (κ2) is 7.56. The zero-order chi connectivity index (χ0) is 15.9. The molecule has 0 radical (unpaired) electrons. The van der Waals surface area contributed by atoms with Crippen LogP contribution in [0.4, 0.5) is 4.79 Å². The highest BCUT2D eigenvalue weighted by molar-refractivity contribution is 6.30. The van der Waals surface area contributed by atoms with Gasteiger partial charge in [-0.25, -0.2) is 9.78 Å². The largest absolute Gasteiger partial charge is 0.480 e. The van der Waals surface area contributed by atoms with Crippen molar-refractivity contribution in [3.05, 3.63) is 47.1 Å². The number of halogens is 1. The lowest BCUT2D eigenvalue weighted by Gasteiger charge is -2.17. The number of hydrogen-bond acceptors (Lipinski definition) is 5. The summed E-state index contributed by atoms with van der Waals surface area (Å²) in [5.74, 6) is 0.430. The Morgan fingerprint density at radius 1 is 1.32 bits per heavy atom. The van der Waals surface area contributed by atoms with Crippen LogP contribution in [0.15, 0.2) is 30.7 Å². The first kappa shape index (κ1) is 16.0. The normalized spacial score (nSPS) is 10.1. The molecule has 2 aromatic rings. The molecular formula is C14H16ClN5O2. The van der Waals surface area contributed by atoms with E-state index in [1.54, 1.807) is 31.6 Å². The van der Waals surface area contributed by atoms with Gasteiger partial charge in [-0.1, -0.05) is 11.6 Å². The summed E-state index contributed by atoms with van der Waals surface area (Å²) in [4.78, 5) is 25.8. The molecule has 0 aliphatic rings. The molecule has 0 spiro atoms. The molecule has 2 amide bonds. The van der Waals surface area contributed by atoms with E-state index in [9.17, 15) is 4.79 Å². The van der Waals surface area contributed by atoms with Gasteiger partial charge in [0.2, 0.25) is 5.88 Å². The predicted molar refractivity (Wildman–Crippen MR) is 81.5 cm³/mol. The molecule has 7 nitrogen and oxygen atoms in total. The number of rotatable bonds is 5. The number of hydrogen-bond donors (Lipinski definition) is 1. The third kappa shape index (κ3) is 4.56. The van der Waals surface area contributed by atoms with Gasteiger partial charge in [0, 0.05) is 18.3 Å². The number of amides is 2. The van der Waals surface area contributed by atoms with E-state index in [2.05, 4.69) is 20.3 Å². The lowest BCUT2D eigenvalue weighted by Crippen LogP contribution is -2.36. The van der Waals surface area contributed by atoms with Crippen LogP contribution in [0, 0.1) is 0 Å². The molecule has 2 heterocycles. The maximum Gasteiger partial charge on any atom is 0.317 e. The molecule has 22 heavy (non-hydrogen) atoms. The Kier molecular flexibility index (Phi) is 5.48. The number of carbonyl (C=O) groups is 1. The third-order valence-electron chi connectivity index (χ3n) is 2.84. The van der Waals surface area contributed by atoms with E-state index in [0.29, 0.717) is 23.1 Å². The van der Waals surface area contributed by atoms with Crippen LogP contribution in [0.2, 0.25) is 5.02 Å². The molecule has 0 fully saturated rings. The van der Waals surface area contributed by atoms with Gasteiger partial charge in [0.15, 0.2) is 0 Å². The van der Waals surface area contributed by atoms with Crippen molar-refractivity contribution in [2.45, 2.75) is 13.1 Å². The van der Waals surface area contributed by atoms with Gasteiger partial charge >= 0.3 is 6.03 Å². The first-order chi connectivity index (χ1) is 10.6. The van der Waals surface area contributed by atoms with Gasteiger partial charge in [0.1, 0.15) is 0 Å². The van der Waals surface area contributed by atoms with Crippen LogP contribution in [0.5, 0.6) is 5.88 Å². The summed E-state index contributed by atoms with van der Waals surface area (Å²) < 4.78 is 4.92. The molecule has 0 saturated carbocycles. The number of urea groups is 1. The van der Waals surface area contributed by atoms with Crippen molar-refractivity contribution in [2.75, 3.05) is 14.2 Å². The molecule has 0 atom stereocenters. The zero-order valence-corrected chi connectivity index (χ0v) is 13.0. The van der Waals surface area contributed by atoms with Crippen LogP contribution in [0.1, 0.15) is 11.4 Å². The zero-order valence-electron chi connectivity index (χ0n) is 12.3. The smallest absolute Gasteiger partial charge is 0.317 e. The quantitative estimate of drug-likeness (QED) is 0.909. The van der Waals surface area contributed by atoms with E-state index >= 15 is 0 Å². The van der Waals surface area contributed by atoms with Crippen molar-refractivity contribution in [3.63, 3.8) is 0 Å². The molecule has 0 saturated heterocycles. The highest BCUT2D eigenvalue weighted by atomic mass is 35.5. The maximum atomic E-state index is 12.0. The summed E-state index contributed by atoms with van der Waals surface area (Å²) in [6, 6.07) is 3.17. The molecule has 1 N–H and O–H groups in total. The molecular weight excluding hydrogens is 306 g/mol. The fourth-order valence-electron chi connectivity index (χ4n) is 1.69. The van der Waals surface area contributed by atoms with Crippen LogP contribution in [0.3, 0.4) is 0 Å². The van der Waals surface area contributed by atoms with Crippen LogP contribution in [-0.4, -0.2) is 40.0 Å². The fourth-order valence-corrected chi connectivity index (χ4v) is 1.87. The topological polar surface area (TPSA) is 80.2 Å². The minimum atomic E-state index is -0.237. The monoisotopic (exact) mass is 321 g/mol. The molecule has 0 aliphatic carbocycles. The minimum absolute atomic E-state index is 0.237. The highest BCUT2D eigenvalue weighted by Gasteiger charge is 2.10. The van der Waals surface area contributed by atoms with Gasteiger partial charge in [-0.3, -0.25) is 9.97 Å². The van der Waals surface area contributed by atoms with Crippen molar-refractivity contribution >= 4 is 17.6 Å². The number of methoxy groups -OCH3 is 1. The number of aromatic nitrogens is 3. The summed E-state index contributed by atoms with van der Waals surface area (Å²) in [6.45, 7) is 0.643. The van der Waals surface area contributed by atoms with Gasteiger partial charge in [-0.2, -0.15) is 0 Å². The first-order valence-electron chi connectivity index (χ1n) is 6.53. The Labute approximate surface area is 133 Å². The van der Waals surface area contributed by atoms with E-state index in [0.717, 1.165) is 5.69 Å². The average Bonchev–Trinajstić information content (AvgIpc) is 2.53. The molecule has 2 rings (SSSR count). The summed E-state index contributed by atoms with van der Waals surface area (Å²) in [5.41, 5.74) is 1.36. The van der Waals surface area contributed by atoms with Crippen molar-refractivity contribution in [1.29, 1.82) is 0 Å². The molecule has 116 valence electrons. The number of carbonyl (C=O) groups excluding carboxylic acids is 1. The number of pyridine rings is 1. The molecule has 0 unspecified atom stereocenters.